The Balaban J connectivity index is 0.000000706. The SMILES string of the molecule is CN(C)[C@@H]1C[C@@H]2CN(C(=O)c3cccc4cccnc34)C[C@@H]2C[C@H]1O.O=CO. The van der Waals surface area contributed by atoms with Gasteiger partial charge in [-0.15, -0.1) is 0 Å². The molecule has 1 aliphatic heterocycles. The highest BCUT2D eigenvalue weighted by atomic mass is 16.3. The van der Waals surface area contributed by atoms with Crippen LogP contribution in [0.3, 0.4) is 0 Å². The first-order valence-corrected chi connectivity index (χ1v) is 9.51. The van der Waals surface area contributed by atoms with E-state index >= 15 is 0 Å². The second-order valence-electron chi connectivity index (χ2n) is 7.79. The lowest BCUT2D eigenvalue weighted by Crippen LogP contribution is -2.46. The number of carbonyl (C=O) groups is 2. The van der Waals surface area contributed by atoms with Crippen LogP contribution in [0.15, 0.2) is 36.5 Å². The first-order valence-electron chi connectivity index (χ1n) is 9.51. The molecule has 150 valence electrons. The lowest BCUT2D eigenvalue weighted by molar-refractivity contribution is -0.122. The van der Waals surface area contributed by atoms with Crippen LogP contribution in [-0.4, -0.2) is 76.7 Å². The molecule has 1 amide bonds. The van der Waals surface area contributed by atoms with E-state index in [1.807, 2.05) is 49.3 Å². The molecule has 0 spiro atoms. The van der Waals surface area contributed by atoms with Gasteiger partial charge >= 0.3 is 0 Å². The van der Waals surface area contributed by atoms with Crippen molar-refractivity contribution in [2.24, 2.45) is 11.8 Å². The number of rotatable bonds is 2. The van der Waals surface area contributed by atoms with E-state index < -0.39 is 0 Å². The van der Waals surface area contributed by atoms with Gasteiger partial charge in [-0.1, -0.05) is 18.2 Å². The van der Waals surface area contributed by atoms with Crippen molar-refractivity contribution >= 4 is 23.3 Å². The molecule has 2 aromatic rings. The van der Waals surface area contributed by atoms with Gasteiger partial charge in [0.1, 0.15) is 0 Å². The Morgan fingerprint density at radius 3 is 2.50 bits per heavy atom. The van der Waals surface area contributed by atoms with Crippen molar-refractivity contribution in [1.29, 1.82) is 0 Å². The second-order valence-corrected chi connectivity index (χ2v) is 7.79. The van der Waals surface area contributed by atoms with Crippen LogP contribution in [0.1, 0.15) is 23.2 Å². The number of amides is 1. The minimum atomic E-state index is -0.300. The highest BCUT2D eigenvalue weighted by molar-refractivity contribution is 6.05. The third-order valence-corrected chi connectivity index (χ3v) is 5.92. The van der Waals surface area contributed by atoms with E-state index in [4.69, 9.17) is 9.90 Å². The summed E-state index contributed by atoms with van der Waals surface area (Å²) in [7, 11) is 4.04. The highest BCUT2D eigenvalue weighted by Crippen LogP contribution is 2.38. The highest BCUT2D eigenvalue weighted by Gasteiger charge is 2.43. The van der Waals surface area contributed by atoms with Crippen LogP contribution >= 0.6 is 0 Å². The fourth-order valence-corrected chi connectivity index (χ4v) is 4.58. The Labute approximate surface area is 164 Å². The lowest BCUT2D eigenvalue weighted by Gasteiger charge is -2.38. The number of carboxylic acid groups (broad SMARTS) is 1. The van der Waals surface area contributed by atoms with Gasteiger partial charge in [-0.2, -0.15) is 0 Å². The van der Waals surface area contributed by atoms with Crippen molar-refractivity contribution in [3.63, 3.8) is 0 Å². The number of fused-ring (bicyclic) bond motifs is 2. The Bertz CT molecular complexity index is 836. The van der Waals surface area contributed by atoms with Crippen molar-refractivity contribution in [3.8, 4) is 0 Å². The number of pyridine rings is 1. The predicted octanol–water partition coefficient (Wildman–Crippen LogP) is 1.71. The summed E-state index contributed by atoms with van der Waals surface area (Å²) in [5, 5.41) is 18.3. The summed E-state index contributed by atoms with van der Waals surface area (Å²) in [6.07, 6.45) is 3.17. The van der Waals surface area contributed by atoms with Gasteiger partial charge in [0.05, 0.1) is 17.2 Å². The van der Waals surface area contributed by atoms with Crippen LogP contribution in [0.5, 0.6) is 0 Å². The zero-order chi connectivity index (χ0) is 20.3. The number of nitrogens with zero attached hydrogens (tertiary/aromatic N) is 3. The standard InChI is InChI=1S/C20H25N3O2.CH2O2/c1-22(2)17-9-14-11-23(12-15(14)10-18(17)24)20(25)16-7-3-5-13-6-4-8-21-19(13)16;2-1-3/h3-8,14-15,17-18,24H,9-12H2,1-2H3;1H,(H,2,3)/t14-,15+,17-,18-;/m1./s1. The van der Waals surface area contributed by atoms with Gasteiger partial charge in [0.15, 0.2) is 0 Å². The number of hydrogen-bond donors (Lipinski definition) is 2. The second kappa shape index (κ2) is 8.67. The summed E-state index contributed by atoms with van der Waals surface area (Å²) in [5.74, 6) is 0.940. The fraction of sp³-hybridized carbons (Fsp3) is 0.476. The summed E-state index contributed by atoms with van der Waals surface area (Å²) in [4.78, 5) is 30.0. The van der Waals surface area contributed by atoms with E-state index in [1.54, 1.807) is 6.20 Å². The zero-order valence-corrected chi connectivity index (χ0v) is 16.2. The van der Waals surface area contributed by atoms with E-state index in [2.05, 4.69) is 9.88 Å². The van der Waals surface area contributed by atoms with E-state index in [0.29, 0.717) is 17.4 Å². The third-order valence-electron chi connectivity index (χ3n) is 5.92. The quantitative estimate of drug-likeness (QED) is 0.765. The molecule has 7 nitrogen and oxygen atoms in total. The maximum absolute atomic E-state index is 13.1. The van der Waals surface area contributed by atoms with Crippen LogP contribution in [0.4, 0.5) is 0 Å². The normalized spacial score (nSPS) is 26.5. The monoisotopic (exact) mass is 385 g/mol. The molecule has 1 aromatic carbocycles. The zero-order valence-electron chi connectivity index (χ0n) is 16.2. The minimum absolute atomic E-state index is 0.0644. The molecule has 2 heterocycles. The molecule has 1 saturated heterocycles. The number of benzene rings is 1. The number of para-hydroxylation sites is 1. The molecule has 0 radical (unpaired) electrons. The van der Waals surface area contributed by atoms with Gasteiger partial charge < -0.3 is 20.0 Å². The largest absolute Gasteiger partial charge is 0.483 e. The van der Waals surface area contributed by atoms with Crippen molar-refractivity contribution in [2.75, 3.05) is 27.2 Å². The van der Waals surface area contributed by atoms with E-state index in [1.165, 1.54) is 0 Å². The van der Waals surface area contributed by atoms with Gasteiger partial charge in [0.2, 0.25) is 0 Å². The first-order chi connectivity index (χ1) is 13.5. The van der Waals surface area contributed by atoms with Crippen molar-refractivity contribution in [3.05, 3.63) is 42.1 Å². The number of likely N-dealkylation sites (tertiary alicyclic amines) is 1. The van der Waals surface area contributed by atoms with Gasteiger partial charge in [0.25, 0.3) is 12.4 Å². The maximum atomic E-state index is 13.1. The number of aliphatic hydroxyl groups excluding tert-OH is 1. The summed E-state index contributed by atoms with van der Waals surface area (Å²) in [6.45, 7) is 1.27. The summed E-state index contributed by atoms with van der Waals surface area (Å²) in [6, 6.07) is 9.85. The molecule has 2 fully saturated rings. The van der Waals surface area contributed by atoms with Crippen LogP contribution in [-0.2, 0) is 4.79 Å². The molecule has 7 heteroatoms. The van der Waals surface area contributed by atoms with Crippen molar-refractivity contribution < 1.29 is 19.8 Å². The molecule has 2 N–H and O–H groups in total. The maximum Gasteiger partial charge on any atom is 0.290 e. The predicted molar refractivity (Wildman–Crippen MR) is 106 cm³/mol. The lowest BCUT2D eigenvalue weighted by atomic mass is 9.77. The fourth-order valence-electron chi connectivity index (χ4n) is 4.58. The number of aromatic nitrogens is 1. The molecule has 4 rings (SSSR count). The average molecular weight is 385 g/mol. The summed E-state index contributed by atoms with van der Waals surface area (Å²) < 4.78 is 0. The van der Waals surface area contributed by atoms with E-state index in [-0.39, 0.29) is 24.5 Å². The van der Waals surface area contributed by atoms with Crippen LogP contribution in [0.25, 0.3) is 10.9 Å². The Hall–Kier alpha value is -2.51. The molecule has 1 aromatic heterocycles. The molecule has 28 heavy (non-hydrogen) atoms. The van der Waals surface area contributed by atoms with E-state index in [0.717, 1.165) is 36.8 Å². The number of hydrogen-bond acceptors (Lipinski definition) is 5. The van der Waals surface area contributed by atoms with Gasteiger partial charge in [-0.3, -0.25) is 14.6 Å². The molecular formula is C21H27N3O4. The van der Waals surface area contributed by atoms with Crippen LogP contribution in [0, 0.1) is 11.8 Å². The summed E-state index contributed by atoms with van der Waals surface area (Å²) in [5.41, 5.74) is 1.46. The molecule has 0 unspecified atom stereocenters. The number of carbonyl (C=O) groups excluding carboxylic acids is 1. The van der Waals surface area contributed by atoms with Gasteiger partial charge in [0, 0.05) is 30.7 Å². The van der Waals surface area contributed by atoms with Gasteiger partial charge in [-0.05, 0) is 50.9 Å². The molecule has 2 aliphatic rings. The Morgan fingerprint density at radius 1 is 1.18 bits per heavy atom. The van der Waals surface area contributed by atoms with Crippen LogP contribution < -0.4 is 0 Å². The molecule has 1 saturated carbocycles. The molecule has 1 aliphatic carbocycles. The molecular weight excluding hydrogens is 358 g/mol. The van der Waals surface area contributed by atoms with E-state index in [9.17, 15) is 9.90 Å². The van der Waals surface area contributed by atoms with Crippen molar-refractivity contribution in [1.82, 2.24) is 14.8 Å². The smallest absolute Gasteiger partial charge is 0.290 e. The Morgan fingerprint density at radius 2 is 1.82 bits per heavy atom. The summed E-state index contributed by atoms with van der Waals surface area (Å²) >= 11 is 0. The number of likely N-dealkylation sites (N-methyl/N-ethyl adjacent to an activating group) is 1. The topological polar surface area (TPSA) is 94.0 Å². The molecule has 0 bridgehead atoms. The van der Waals surface area contributed by atoms with Crippen molar-refractivity contribution in [2.45, 2.75) is 25.0 Å². The van der Waals surface area contributed by atoms with Crippen LogP contribution in [0.2, 0.25) is 0 Å². The average Bonchev–Trinajstić information content (AvgIpc) is 3.09. The first kappa shape index (κ1) is 20.2. The minimum Gasteiger partial charge on any atom is -0.483 e. The third kappa shape index (κ3) is 4.00. The number of aliphatic hydroxyl groups is 1. The molecule has 4 atom stereocenters. The van der Waals surface area contributed by atoms with Gasteiger partial charge in [-0.25, -0.2) is 0 Å². The Kier molecular flexibility index (Phi) is 6.26.